The Morgan fingerprint density at radius 2 is 1.52 bits per heavy atom. The first-order valence-corrected chi connectivity index (χ1v) is 9.79. The molecule has 2 nitrogen and oxygen atoms in total. The van der Waals surface area contributed by atoms with Gasteiger partial charge in [0.1, 0.15) is 5.75 Å². The van der Waals surface area contributed by atoms with Gasteiger partial charge in [0.05, 0.1) is 6.61 Å². The third-order valence-electron chi connectivity index (χ3n) is 4.60. The van der Waals surface area contributed by atoms with Crippen LogP contribution < -0.4 is 10.1 Å². The van der Waals surface area contributed by atoms with Crippen molar-refractivity contribution in [3.05, 3.63) is 65.7 Å². The van der Waals surface area contributed by atoms with Crippen LogP contribution in [0.3, 0.4) is 0 Å². The minimum absolute atomic E-state index is 0.327. The zero-order valence-corrected chi connectivity index (χ0v) is 15.8. The Hall–Kier alpha value is -1.80. The third kappa shape index (κ3) is 7.74. The Balaban J connectivity index is 1.66. The summed E-state index contributed by atoms with van der Waals surface area (Å²) in [5.74, 6) is 0.979. The van der Waals surface area contributed by atoms with E-state index in [1.54, 1.807) is 0 Å². The summed E-state index contributed by atoms with van der Waals surface area (Å²) in [5, 5.41) is 3.57. The van der Waals surface area contributed by atoms with Crippen molar-refractivity contribution in [1.29, 1.82) is 0 Å². The van der Waals surface area contributed by atoms with Gasteiger partial charge in [-0.2, -0.15) is 0 Å². The molecule has 25 heavy (non-hydrogen) atoms. The molecule has 0 heterocycles. The molecule has 0 aromatic heterocycles. The molecular weight excluding hydrogens is 306 g/mol. The Bertz CT molecular complexity index is 564. The van der Waals surface area contributed by atoms with Crippen molar-refractivity contribution in [3.8, 4) is 5.75 Å². The lowest BCUT2D eigenvalue weighted by Gasteiger charge is -2.15. The van der Waals surface area contributed by atoms with Crippen molar-refractivity contribution in [2.24, 2.45) is 0 Å². The molecule has 0 bridgehead atoms. The maximum atomic E-state index is 5.86. The molecule has 2 aromatic rings. The lowest BCUT2D eigenvalue weighted by atomic mass is 10.1. The molecule has 136 valence electrons. The SMILES string of the molecule is CCCCCCCCOc1ccc(C(C)NCc2ccccc2)cc1. The van der Waals surface area contributed by atoms with Gasteiger partial charge in [0.25, 0.3) is 0 Å². The van der Waals surface area contributed by atoms with E-state index in [4.69, 9.17) is 4.74 Å². The predicted octanol–water partition coefficient (Wildman–Crippen LogP) is 6.28. The minimum Gasteiger partial charge on any atom is -0.494 e. The topological polar surface area (TPSA) is 21.3 Å². The van der Waals surface area contributed by atoms with Crippen LogP contribution in [0.25, 0.3) is 0 Å². The molecule has 0 aliphatic heterocycles. The molecule has 0 spiro atoms. The van der Waals surface area contributed by atoms with Crippen molar-refractivity contribution in [2.75, 3.05) is 6.61 Å². The van der Waals surface area contributed by atoms with Gasteiger partial charge in [0, 0.05) is 12.6 Å². The van der Waals surface area contributed by atoms with Crippen LogP contribution in [0.1, 0.15) is 69.5 Å². The average molecular weight is 340 g/mol. The van der Waals surface area contributed by atoms with Gasteiger partial charge in [-0.15, -0.1) is 0 Å². The van der Waals surface area contributed by atoms with Crippen LogP contribution in [0.15, 0.2) is 54.6 Å². The zero-order valence-electron chi connectivity index (χ0n) is 15.8. The summed E-state index contributed by atoms with van der Waals surface area (Å²) >= 11 is 0. The molecule has 0 aliphatic rings. The lowest BCUT2D eigenvalue weighted by Crippen LogP contribution is -2.17. The predicted molar refractivity (Wildman–Crippen MR) is 107 cm³/mol. The fraction of sp³-hybridized carbons (Fsp3) is 0.478. The fourth-order valence-electron chi connectivity index (χ4n) is 2.91. The van der Waals surface area contributed by atoms with Crippen molar-refractivity contribution in [3.63, 3.8) is 0 Å². The lowest BCUT2D eigenvalue weighted by molar-refractivity contribution is 0.304. The maximum Gasteiger partial charge on any atom is 0.119 e. The second kappa shape index (κ2) is 11.7. The average Bonchev–Trinajstić information content (AvgIpc) is 2.67. The molecule has 1 atom stereocenters. The van der Waals surface area contributed by atoms with Crippen LogP contribution >= 0.6 is 0 Å². The van der Waals surface area contributed by atoms with E-state index >= 15 is 0 Å². The van der Waals surface area contributed by atoms with Crippen molar-refractivity contribution >= 4 is 0 Å². The molecule has 0 saturated heterocycles. The number of unbranched alkanes of at least 4 members (excludes halogenated alkanes) is 5. The van der Waals surface area contributed by atoms with Gasteiger partial charge in [-0.3, -0.25) is 0 Å². The fourth-order valence-corrected chi connectivity index (χ4v) is 2.91. The molecule has 1 N–H and O–H groups in total. The highest BCUT2D eigenvalue weighted by molar-refractivity contribution is 5.29. The smallest absolute Gasteiger partial charge is 0.119 e. The summed E-state index contributed by atoms with van der Waals surface area (Å²) in [4.78, 5) is 0. The first-order chi connectivity index (χ1) is 12.3. The van der Waals surface area contributed by atoms with Crippen molar-refractivity contribution in [2.45, 2.75) is 65.0 Å². The van der Waals surface area contributed by atoms with Gasteiger partial charge in [-0.05, 0) is 36.6 Å². The van der Waals surface area contributed by atoms with Gasteiger partial charge < -0.3 is 10.1 Å². The van der Waals surface area contributed by atoms with Crippen LogP contribution in [0.2, 0.25) is 0 Å². The first kappa shape index (κ1) is 19.5. The Labute approximate surface area is 153 Å². The van der Waals surface area contributed by atoms with Crippen LogP contribution in [0.4, 0.5) is 0 Å². The highest BCUT2D eigenvalue weighted by Crippen LogP contribution is 2.18. The number of hydrogen-bond donors (Lipinski definition) is 1. The standard InChI is InChI=1S/C23H33NO/c1-3-4-5-6-7-11-18-25-23-16-14-22(15-17-23)20(2)24-19-21-12-9-8-10-13-21/h8-10,12-17,20,24H,3-7,11,18-19H2,1-2H3. The number of rotatable bonds is 12. The molecule has 0 radical (unpaired) electrons. The molecular formula is C23H33NO. The molecule has 1 unspecified atom stereocenters. The quantitative estimate of drug-likeness (QED) is 0.460. The molecule has 0 saturated carbocycles. The normalized spacial score (nSPS) is 12.1. The number of nitrogens with one attached hydrogen (secondary N) is 1. The van der Waals surface area contributed by atoms with Gasteiger partial charge >= 0.3 is 0 Å². The highest BCUT2D eigenvalue weighted by atomic mass is 16.5. The van der Waals surface area contributed by atoms with Gasteiger partial charge in [0.2, 0.25) is 0 Å². The van der Waals surface area contributed by atoms with Crippen LogP contribution in [0.5, 0.6) is 5.75 Å². The van der Waals surface area contributed by atoms with Crippen LogP contribution in [0, 0.1) is 0 Å². The monoisotopic (exact) mass is 339 g/mol. The number of ether oxygens (including phenoxy) is 1. The molecule has 2 aromatic carbocycles. The van der Waals surface area contributed by atoms with E-state index in [1.165, 1.54) is 43.2 Å². The molecule has 0 fully saturated rings. The van der Waals surface area contributed by atoms with E-state index < -0.39 is 0 Å². The summed E-state index contributed by atoms with van der Waals surface area (Å²) < 4.78 is 5.86. The van der Waals surface area contributed by atoms with Gasteiger partial charge in [-0.25, -0.2) is 0 Å². The van der Waals surface area contributed by atoms with E-state index in [0.29, 0.717) is 6.04 Å². The van der Waals surface area contributed by atoms with E-state index in [1.807, 2.05) is 0 Å². The minimum atomic E-state index is 0.327. The summed E-state index contributed by atoms with van der Waals surface area (Å²) in [7, 11) is 0. The Morgan fingerprint density at radius 1 is 0.840 bits per heavy atom. The number of hydrogen-bond acceptors (Lipinski definition) is 2. The summed E-state index contributed by atoms with van der Waals surface area (Å²) in [6.07, 6.45) is 7.79. The summed E-state index contributed by atoms with van der Waals surface area (Å²) in [6.45, 7) is 6.17. The van der Waals surface area contributed by atoms with E-state index in [-0.39, 0.29) is 0 Å². The third-order valence-corrected chi connectivity index (χ3v) is 4.60. The van der Waals surface area contributed by atoms with E-state index in [2.05, 4.69) is 73.8 Å². The van der Waals surface area contributed by atoms with Crippen LogP contribution in [-0.2, 0) is 6.54 Å². The first-order valence-electron chi connectivity index (χ1n) is 9.79. The van der Waals surface area contributed by atoms with Crippen LogP contribution in [-0.4, -0.2) is 6.61 Å². The van der Waals surface area contributed by atoms with Crippen molar-refractivity contribution < 1.29 is 4.74 Å². The molecule has 0 amide bonds. The highest BCUT2D eigenvalue weighted by Gasteiger charge is 2.05. The van der Waals surface area contributed by atoms with E-state index in [0.717, 1.165) is 25.3 Å². The second-order valence-electron chi connectivity index (χ2n) is 6.77. The van der Waals surface area contributed by atoms with Gasteiger partial charge in [-0.1, -0.05) is 81.5 Å². The summed E-state index contributed by atoms with van der Waals surface area (Å²) in [5.41, 5.74) is 2.61. The number of benzene rings is 2. The zero-order chi connectivity index (χ0) is 17.7. The second-order valence-corrected chi connectivity index (χ2v) is 6.77. The van der Waals surface area contributed by atoms with Gasteiger partial charge in [0.15, 0.2) is 0 Å². The largest absolute Gasteiger partial charge is 0.494 e. The molecule has 2 heteroatoms. The summed E-state index contributed by atoms with van der Waals surface area (Å²) in [6, 6.07) is 19.4. The van der Waals surface area contributed by atoms with E-state index in [9.17, 15) is 0 Å². The Kier molecular flexibility index (Phi) is 9.14. The molecule has 2 rings (SSSR count). The Morgan fingerprint density at radius 3 is 2.24 bits per heavy atom. The maximum absolute atomic E-state index is 5.86. The molecule has 0 aliphatic carbocycles. The van der Waals surface area contributed by atoms with Crippen molar-refractivity contribution in [1.82, 2.24) is 5.32 Å².